The molecule has 1 aliphatic rings. The van der Waals surface area contributed by atoms with Crippen LogP contribution >= 0.6 is 0 Å². The number of nitrogens with zero attached hydrogens (tertiary/aromatic N) is 1. The van der Waals surface area contributed by atoms with E-state index in [2.05, 4.69) is 4.72 Å². The summed E-state index contributed by atoms with van der Waals surface area (Å²) in [6, 6.07) is 9.74. The van der Waals surface area contributed by atoms with E-state index in [1.807, 2.05) is 13.8 Å². The SMILES string of the molecule is CC1(C)COCCN1C(=O)/C=C\c1ccc(S(=O)(=O)NCc2ccco2)cc1. The van der Waals surface area contributed by atoms with Gasteiger partial charge in [-0.1, -0.05) is 12.1 Å². The van der Waals surface area contributed by atoms with Crippen LogP contribution in [0, 0.1) is 0 Å². The number of morpholine rings is 1. The zero-order valence-corrected chi connectivity index (χ0v) is 16.7. The number of furan rings is 1. The molecule has 1 fully saturated rings. The van der Waals surface area contributed by atoms with Crippen molar-refractivity contribution < 1.29 is 22.4 Å². The van der Waals surface area contributed by atoms with Crippen molar-refractivity contribution >= 4 is 22.0 Å². The third kappa shape index (κ3) is 4.89. The Balaban J connectivity index is 1.63. The molecule has 0 spiro atoms. The average molecular weight is 404 g/mol. The molecule has 0 bridgehead atoms. The minimum Gasteiger partial charge on any atom is -0.468 e. The second-order valence-corrected chi connectivity index (χ2v) is 8.93. The number of benzene rings is 1. The van der Waals surface area contributed by atoms with E-state index in [1.165, 1.54) is 24.5 Å². The summed E-state index contributed by atoms with van der Waals surface area (Å²) in [5.74, 6) is 0.442. The minimum atomic E-state index is -3.64. The molecule has 28 heavy (non-hydrogen) atoms. The van der Waals surface area contributed by atoms with Gasteiger partial charge in [0, 0.05) is 12.6 Å². The molecular weight excluding hydrogens is 380 g/mol. The van der Waals surface area contributed by atoms with Gasteiger partial charge < -0.3 is 14.1 Å². The summed E-state index contributed by atoms with van der Waals surface area (Å²) < 4.78 is 37.7. The number of hydrogen-bond acceptors (Lipinski definition) is 5. The van der Waals surface area contributed by atoms with Crippen LogP contribution in [0.5, 0.6) is 0 Å². The molecule has 0 saturated carbocycles. The summed E-state index contributed by atoms with van der Waals surface area (Å²) >= 11 is 0. The first-order valence-corrected chi connectivity index (χ1v) is 10.5. The maximum Gasteiger partial charge on any atom is 0.247 e. The largest absolute Gasteiger partial charge is 0.468 e. The summed E-state index contributed by atoms with van der Waals surface area (Å²) in [5, 5.41) is 0. The van der Waals surface area contributed by atoms with E-state index in [1.54, 1.807) is 35.2 Å². The standard InChI is InChI=1S/C20H24N2O5S/c1-20(2)15-26-13-11-22(20)19(23)10-7-16-5-8-18(9-6-16)28(24,25)21-14-17-4-3-12-27-17/h3-10,12,21H,11,13-15H2,1-2H3/b10-7-. The lowest BCUT2D eigenvalue weighted by atomic mass is 10.0. The monoisotopic (exact) mass is 404 g/mol. The van der Waals surface area contributed by atoms with Crippen molar-refractivity contribution in [2.45, 2.75) is 30.8 Å². The molecule has 1 aromatic heterocycles. The highest BCUT2D eigenvalue weighted by Crippen LogP contribution is 2.20. The lowest BCUT2D eigenvalue weighted by Gasteiger charge is -2.41. The van der Waals surface area contributed by atoms with Crippen LogP contribution in [-0.2, 0) is 26.1 Å². The fourth-order valence-corrected chi connectivity index (χ4v) is 3.94. The van der Waals surface area contributed by atoms with Crippen LogP contribution in [0.1, 0.15) is 25.2 Å². The molecular formula is C20H24N2O5S. The predicted octanol–water partition coefficient (Wildman–Crippen LogP) is 2.41. The molecule has 1 aromatic carbocycles. The van der Waals surface area contributed by atoms with Crippen LogP contribution in [0.3, 0.4) is 0 Å². The molecule has 0 radical (unpaired) electrons. The van der Waals surface area contributed by atoms with Gasteiger partial charge in [0.2, 0.25) is 15.9 Å². The Morgan fingerprint density at radius 2 is 2.00 bits per heavy atom. The molecule has 150 valence electrons. The van der Waals surface area contributed by atoms with E-state index in [9.17, 15) is 13.2 Å². The highest BCUT2D eigenvalue weighted by molar-refractivity contribution is 7.89. The van der Waals surface area contributed by atoms with Gasteiger partial charge in [-0.15, -0.1) is 0 Å². The van der Waals surface area contributed by atoms with Gasteiger partial charge in [-0.25, -0.2) is 13.1 Å². The second kappa shape index (κ2) is 8.30. The molecule has 1 N–H and O–H groups in total. The van der Waals surface area contributed by atoms with Gasteiger partial charge in [0.05, 0.1) is 36.5 Å². The fourth-order valence-electron chi connectivity index (χ4n) is 2.95. The number of nitrogens with one attached hydrogen (secondary N) is 1. The van der Waals surface area contributed by atoms with Crippen LogP contribution in [0.4, 0.5) is 0 Å². The second-order valence-electron chi connectivity index (χ2n) is 7.16. The first-order chi connectivity index (χ1) is 13.3. The van der Waals surface area contributed by atoms with Gasteiger partial charge in [0.15, 0.2) is 0 Å². The van der Waals surface area contributed by atoms with Gasteiger partial charge in [0.1, 0.15) is 5.76 Å². The van der Waals surface area contributed by atoms with Crippen LogP contribution in [0.15, 0.2) is 58.1 Å². The van der Waals surface area contributed by atoms with Crippen molar-refractivity contribution in [1.29, 1.82) is 0 Å². The van der Waals surface area contributed by atoms with Gasteiger partial charge in [-0.05, 0) is 49.8 Å². The minimum absolute atomic E-state index is 0.0842. The van der Waals surface area contributed by atoms with Crippen LogP contribution < -0.4 is 4.72 Å². The number of carbonyl (C=O) groups excluding carboxylic acids is 1. The molecule has 3 rings (SSSR count). The number of carbonyl (C=O) groups is 1. The topological polar surface area (TPSA) is 88.8 Å². The first-order valence-electron chi connectivity index (χ1n) is 8.97. The number of sulfonamides is 1. The molecule has 1 saturated heterocycles. The Labute approximate surface area is 165 Å². The van der Waals surface area contributed by atoms with Crippen molar-refractivity contribution in [3.63, 3.8) is 0 Å². The molecule has 0 aliphatic carbocycles. The van der Waals surface area contributed by atoms with Crippen molar-refractivity contribution in [3.8, 4) is 0 Å². The van der Waals surface area contributed by atoms with E-state index < -0.39 is 10.0 Å². The Hall–Kier alpha value is -2.42. The predicted molar refractivity (Wildman–Crippen MR) is 105 cm³/mol. The first kappa shape index (κ1) is 20.3. The van der Waals surface area contributed by atoms with Crippen molar-refractivity contribution in [3.05, 3.63) is 60.1 Å². The van der Waals surface area contributed by atoms with Crippen molar-refractivity contribution in [2.75, 3.05) is 19.8 Å². The zero-order valence-electron chi connectivity index (χ0n) is 15.9. The highest BCUT2D eigenvalue weighted by atomic mass is 32.2. The van der Waals surface area contributed by atoms with E-state index in [-0.39, 0.29) is 22.9 Å². The number of rotatable bonds is 6. The lowest BCUT2D eigenvalue weighted by molar-refractivity contribution is -0.140. The number of amides is 1. The number of ether oxygens (including phenoxy) is 1. The maximum absolute atomic E-state index is 12.5. The molecule has 1 aliphatic heterocycles. The number of hydrogen-bond donors (Lipinski definition) is 1. The molecule has 2 heterocycles. The summed E-state index contributed by atoms with van der Waals surface area (Å²) in [6.07, 6.45) is 4.68. The van der Waals surface area contributed by atoms with Crippen molar-refractivity contribution in [2.24, 2.45) is 0 Å². The summed E-state index contributed by atoms with van der Waals surface area (Å²) in [5.41, 5.74) is 0.390. The maximum atomic E-state index is 12.5. The van der Waals surface area contributed by atoms with Crippen LogP contribution in [0.25, 0.3) is 6.08 Å². The molecule has 1 amide bonds. The van der Waals surface area contributed by atoms with Gasteiger partial charge in [-0.2, -0.15) is 0 Å². The Morgan fingerprint density at radius 3 is 2.64 bits per heavy atom. The fraction of sp³-hybridized carbons (Fsp3) is 0.350. The molecule has 0 unspecified atom stereocenters. The smallest absolute Gasteiger partial charge is 0.247 e. The summed E-state index contributed by atoms with van der Waals surface area (Å²) in [7, 11) is -3.64. The third-order valence-electron chi connectivity index (χ3n) is 4.54. The quantitative estimate of drug-likeness (QED) is 0.747. The van der Waals surface area contributed by atoms with E-state index in [4.69, 9.17) is 9.15 Å². The third-order valence-corrected chi connectivity index (χ3v) is 5.95. The van der Waals surface area contributed by atoms with E-state index in [0.717, 1.165) is 5.56 Å². The molecule has 7 nitrogen and oxygen atoms in total. The van der Waals surface area contributed by atoms with Gasteiger partial charge >= 0.3 is 0 Å². The van der Waals surface area contributed by atoms with E-state index in [0.29, 0.717) is 25.5 Å². The normalized spacial score (nSPS) is 17.1. The van der Waals surface area contributed by atoms with Crippen molar-refractivity contribution in [1.82, 2.24) is 9.62 Å². The summed E-state index contributed by atoms with van der Waals surface area (Å²) in [6.45, 7) is 5.60. The summed E-state index contributed by atoms with van der Waals surface area (Å²) in [4.78, 5) is 14.4. The average Bonchev–Trinajstić information content (AvgIpc) is 3.18. The van der Waals surface area contributed by atoms with Gasteiger partial charge in [0.25, 0.3) is 0 Å². The van der Waals surface area contributed by atoms with Gasteiger partial charge in [-0.3, -0.25) is 4.79 Å². The molecule has 0 atom stereocenters. The molecule has 8 heteroatoms. The Morgan fingerprint density at radius 1 is 1.25 bits per heavy atom. The lowest BCUT2D eigenvalue weighted by Crippen LogP contribution is -2.55. The van der Waals surface area contributed by atoms with Crippen LogP contribution in [0.2, 0.25) is 0 Å². The van der Waals surface area contributed by atoms with Crippen LogP contribution in [-0.4, -0.2) is 44.5 Å². The van der Waals surface area contributed by atoms with E-state index >= 15 is 0 Å². The Kier molecular flexibility index (Phi) is 6.02. The highest BCUT2D eigenvalue weighted by Gasteiger charge is 2.32. The zero-order chi connectivity index (χ0) is 20.2. The Bertz CT molecular complexity index is 931. The molecule has 2 aromatic rings.